The van der Waals surface area contributed by atoms with E-state index >= 15 is 0 Å². The van der Waals surface area contributed by atoms with Crippen LogP contribution in [0.2, 0.25) is 0 Å². The van der Waals surface area contributed by atoms with Crippen LogP contribution in [0.15, 0.2) is 30.3 Å². The summed E-state index contributed by atoms with van der Waals surface area (Å²) in [5, 5.41) is 13.1. The lowest BCUT2D eigenvalue weighted by atomic mass is 9.89. The molecule has 1 aromatic carbocycles. The fourth-order valence-corrected chi connectivity index (χ4v) is 4.25. The molecule has 2 saturated heterocycles. The van der Waals surface area contributed by atoms with Gasteiger partial charge in [0, 0.05) is 18.6 Å². The van der Waals surface area contributed by atoms with Gasteiger partial charge in [-0.3, -0.25) is 0 Å². The molecule has 3 atom stereocenters. The summed E-state index contributed by atoms with van der Waals surface area (Å²) in [7, 11) is 0. The Kier molecular flexibility index (Phi) is 5.44. The number of nitrogens with one attached hydrogen (secondary N) is 1. The first kappa shape index (κ1) is 17.3. The van der Waals surface area contributed by atoms with Crippen LogP contribution < -0.4 is 5.32 Å². The molecular formula is C20H30N2O2. The average molecular weight is 330 g/mol. The van der Waals surface area contributed by atoms with Crippen molar-refractivity contribution in [3.8, 4) is 0 Å². The minimum Gasteiger partial charge on any atom is -0.393 e. The molecule has 2 aliphatic heterocycles. The van der Waals surface area contributed by atoms with Crippen molar-refractivity contribution in [3.05, 3.63) is 35.9 Å². The highest BCUT2D eigenvalue weighted by atomic mass is 16.3. The molecule has 1 aromatic rings. The predicted molar refractivity (Wildman–Crippen MR) is 95.8 cm³/mol. The number of urea groups is 1. The SMILES string of the molecule is CC(C)[C@@H](CNC(=O)N1[C@H]2CC[C@H]1CC(O)C2)Cc1ccccc1. The molecule has 2 N–H and O–H groups in total. The predicted octanol–water partition coefficient (Wildman–Crippen LogP) is 3.20. The second-order valence-corrected chi connectivity index (χ2v) is 7.80. The van der Waals surface area contributed by atoms with E-state index in [1.165, 1.54) is 5.56 Å². The second kappa shape index (κ2) is 7.56. The maximum absolute atomic E-state index is 12.7. The van der Waals surface area contributed by atoms with E-state index in [1.807, 2.05) is 11.0 Å². The molecular weight excluding hydrogens is 300 g/mol. The van der Waals surface area contributed by atoms with Crippen molar-refractivity contribution in [2.45, 2.75) is 64.1 Å². The first-order chi connectivity index (χ1) is 11.5. The van der Waals surface area contributed by atoms with Crippen molar-refractivity contribution in [1.82, 2.24) is 10.2 Å². The number of amides is 2. The number of nitrogens with zero attached hydrogens (tertiary/aromatic N) is 1. The van der Waals surface area contributed by atoms with Crippen molar-refractivity contribution < 1.29 is 9.90 Å². The Morgan fingerprint density at radius 3 is 2.42 bits per heavy atom. The molecule has 0 aliphatic carbocycles. The third-order valence-corrected chi connectivity index (χ3v) is 5.74. The zero-order valence-corrected chi connectivity index (χ0v) is 14.8. The highest BCUT2D eigenvalue weighted by Gasteiger charge is 2.42. The van der Waals surface area contributed by atoms with Crippen LogP contribution in [0.3, 0.4) is 0 Å². The van der Waals surface area contributed by atoms with Gasteiger partial charge in [-0.15, -0.1) is 0 Å². The van der Waals surface area contributed by atoms with Crippen LogP contribution >= 0.6 is 0 Å². The van der Waals surface area contributed by atoms with Gasteiger partial charge in [-0.2, -0.15) is 0 Å². The van der Waals surface area contributed by atoms with Crippen molar-refractivity contribution in [2.24, 2.45) is 11.8 Å². The summed E-state index contributed by atoms with van der Waals surface area (Å²) in [6.45, 7) is 5.16. The van der Waals surface area contributed by atoms with Gasteiger partial charge in [0.2, 0.25) is 0 Å². The van der Waals surface area contributed by atoms with Crippen molar-refractivity contribution in [3.63, 3.8) is 0 Å². The summed E-state index contributed by atoms with van der Waals surface area (Å²) >= 11 is 0. The smallest absolute Gasteiger partial charge is 0.317 e. The van der Waals surface area contributed by atoms with E-state index in [0.29, 0.717) is 18.4 Å². The third-order valence-electron chi connectivity index (χ3n) is 5.74. The van der Waals surface area contributed by atoms with Crippen LogP contribution in [0.5, 0.6) is 0 Å². The normalized spacial score (nSPS) is 27.3. The van der Waals surface area contributed by atoms with Crippen LogP contribution in [0, 0.1) is 11.8 Å². The minimum atomic E-state index is -0.229. The number of hydrogen-bond acceptors (Lipinski definition) is 2. The van der Waals surface area contributed by atoms with Crippen molar-refractivity contribution >= 4 is 6.03 Å². The van der Waals surface area contributed by atoms with Gasteiger partial charge in [0.05, 0.1) is 6.10 Å². The molecule has 2 aliphatic rings. The topological polar surface area (TPSA) is 52.6 Å². The number of carbonyl (C=O) groups is 1. The fourth-order valence-electron chi connectivity index (χ4n) is 4.25. The van der Waals surface area contributed by atoms with E-state index in [-0.39, 0.29) is 24.2 Å². The highest BCUT2D eigenvalue weighted by Crippen LogP contribution is 2.35. The maximum atomic E-state index is 12.7. The van der Waals surface area contributed by atoms with E-state index in [0.717, 1.165) is 32.1 Å². The lowest BCUT2D eigenvalue weighted by Crippen LogP contribution is -2.52. The number of fused-ring (bicyclic) bond motifs is 2. The van der Waals surface area contributed by atoms with Gasteiger partial charge in [0.1, 0.15) is 0 Å². The number of aliphatic hydroxyl groups is 1. The summed E-state index contributed by atoms with van der Waals surface area (Å²) in [5.74, 6) is 0.954. The third kappa shape index (κ3) is 3.92. The number of piperidine rings is 1. The number of carbonyl (C=O) groups excluding carboxylic acids is 1. The van der Waals surface area contributed by atoms with Crippen molar-refractivity contribution in [2.75, 3.05) is 6.54 Å². The summed E-state index contributed by atoms with van der Waals surface area (Å²) < 4.78 is 0. The standard InChI is InChI=1S/C20H30N2O2/c1-14(2)16(10-15-6-4-3-5-7-15)13-21-20(24)22-17-8-9-18(22)12-19(23)11-17/h3-7,14,16-19,23H,8-13H2,1-2H3,(H,21,24)/t16-,17+,18+/m1/s1. The Balaban J connectivity index is 1.56. The van der Waals surface area contributed by atoms with E-state index in [1.54, 1.807) is 0 Å². The molecule has 0 saturated carbocycles. The van der Waals surface area contributed by atoms with Crippen LogP contribution in [0.1, 0.15) is 45.1 Å². The summed E-state index contributed by atoms with van der Waals surface area (Å²) in [6, 6.07) is 11.0. The Morgan fingerprint density at radius 1 is 1.21 bits per heavy atom. The summed E-state index contributed by atoms with van der Waals surface area (Å²) in [5.41, 5.74) is 1.33. The maximum Gasteiger partial charge on any atom is 0.317 e. The number of aliphatic hydroxyl groups excluding tert-OH is 1. The fraction of sp³-hybridized carbons (Fsp3) is 0.650. The first-order valence-electron chi connectivity index (χ1n) is 9.32. The molecule has 2 bridgehead atoms. The number of rotatable bonds is 5. The largest absolute Gasteiger partial charge is 0.393 e. The molecule has 132 valence electrons. The van der Waals surface area contributed by atoms with E-state index < -0.39 is 0 Å². The van der Waals surface area contributed by atoms with Gasteiger partial charge >= 0.3 is 6.03 Å². The second-order valence-electron chi connectivity index (χ2n) is 7.80. The Labute approximate surface area is 145 Å². The van der Waals surface area contributed by atoms with Gasteiger partial charge in [0.15, 0.2) is 0 Å². The first-order valence-corrected chi connectivity index (χ1v) is 9.32. The lowest BCUT2D eigenvalue weighted by molar-refractivity contribution is 0.0538. The van der Waals surface area contributed by atoms with Crippen LogP contribution in [0.25, 0.3) is 0 Å². The van der Waals surface area contributed by atoms with Crippen molar-refractivity contribution in [1.29, 1.82) is 0 Å². The molecule has 24 heavy (non-hydrogen) atoms. The Bertz CT molecular complexity index is 532. The van der Waals surface area contributed by atoms with Crippen LogP contribution in [-0.4, -0.2) is 40.8 Å². The molecule has 4 heteroatoms. The minimum absolute atomic E-state index is 0.0631. The molecule has 2 amide bonds. The molecule has 2 fully saturated rings. The molecule has 2 heterocycles. The van der Waals surface area contributed by atoms with Crippen LogP contribution in [0.4, 0.5) is 4.79 Å². The average Bonchev–Trinajstić information content (AvgIpc) is 2.83. The number of benzene rings is 1. The summed E-state index contributed by atoms with van der Waals surface area (Å²) in [4.78, 5) is 14.7. The van der Waals surface area contributed by atoms with Gasteiger partial charge in [0.25, 0.3) is 0 Å². The molecule has 4 nitrogen and oxygen atoms in total. The molecule has 0 unspecified atom stereocenters. The summed E-state index contributed by atoms with van der Waals surface area (Å²) in [6.07, 6.45) is 4.31. The van der Waals surface area contributed by atoms with Gasteiger partial charge in [-0.25, -0.2) is 4.79 Å². The monoisotopic (exact) mass is 330 g/mol. The van der Waals surface area contributed by atoms with Crippen LogP contribution in [-0.2, 0) is 6.42 Å². The van der Waals surface area contributed by atoms with E-state index in [9.17, 15) is 9.90 Å². The zero-order valence-electron chi connectivity index (χ0n) is 14.8. The van der Waals surface area contributed by atoms with E-state index in [2.05, 4.69) is 43.4 Å². The molecule has 0 radical (unpaired) electrons. The molecule has 0 spiro atoms. The van der Waals surface area contributed by atoms with Gasteiger partial charge < -0.3 is 15.3 Å². The quantitative estimate of drug-likeness (QED) is 0.871. The van der Waals surface area contributed by atoms with E-state index in [4.69, 9.17) is 0 Å². The lowest BCUT2D eigenvalue weighted by Gasteiger charge is -2.37. The van der Waals surface area contributed by atoms with Gasteiger partial charge in [-0.1, -0.05) is 44.2 Å². The Hall–Kier alpha value is -1.55. The Morgan fingerprint density at radius 2 is 1.83 bits per heavy atom. The molecule has 0 aromatic heterocycles. The number of hydrogen-bond donors (Lipinski definition) is 2. The molecule has 3 rings (SSSR count). The zero-order chi connectivity index (χ0) is 17.1. The highest BCUT2D eigenvalue weighted by molar-refractivity contribution is 5.75. The van der Waals surface area contributed by atoms with Gasteiger partial charge in [-0.05, 0) is 49.5 Å².